The largest absolute Gasteiger partial charge is 0.493 e. The molecule has 0 aliphatic rings. The average molecular weight is 324 g/mol. The Bertz CT molecular complexity index is 843. The van der Waals surface area contributed by atoms with Crippen LogP contribution in [-0.4, -0.2) is 23.4 Å². The topological polar surface area (TPSA) is 74.5 Å². The van der Waals surface area contributed by atoms with Gasteiger partial charge in [0.2, 0.25) is 5.89 Å². The summed E-state index contributed by atoms with van der Waals surface area (Å²) in [6.45, 7) is 2.06. The first-order valence-electron chi connectivity index (χ1n) is 7.34. The first-order chi connectivity index (χ1) is 11.7. The van der Waals surface area contributed by atoms with Crippen LogP contribution in [0.4, 0.5) is 0 Å². The lowest BCUT2D eigenvalue weighted by atomic mass is 10.2. The number of rotatable bonds is 6. The average Bonchev–Trinajstić information content (AvgIpc) is 3.01. The molecule has 0 amide bonds. The van der Waals surface area contributed by atoms with Crippen LogP contribution in [0.5, 0.6) is 11.5 Å². The monoisotopic (exact) mass is 324 g/mol. The molecule has 2 aromatic heterocycles. The van der Waals surface area contributed by atoms with Crippen molar-refractivity contribution in [2.45, 2.75) is 13.5 Å². The van der Waals surface area contributed by atoms with E-state index >= 15 is 0 Å². The van der Waals surface area contributed by atoms with Gasteiger partial charge >= 0.3 is 0 Å². The molecule has 6 heteroatoms. The van der Waals surface area contributed by atoms with Crippen LogP contribution in [0.1, 0.15) is 21.8 Å². The molecule has 0 fully saturated rings. The second kappa shape index (κ2) is 6.95. The molecule has 0 unspecified atom stereocenters. The predicted molar refractivity (Wildman–Crippen MR) is 87.2 cm³/mol. The molecule has 0 saturated carbocycles. The molecule has 3 aromatic rings. The number of aromatic nitrogens is 2. The molecule has 0 saturated heterocycles. The van der Waals surface area contributed by atoms with E-state index in [1.807, 2.05) is 19.1 Å². The quantitative estimate of drug-likeness (QED) is 0.647. The summed E-state index contributed by atoms with van der Waals surface area (Å²) in [7, 11) is 1.53. The molecule has 3 rings (SSSR count). The number of nitrogens with zero attached hydrogens (tertiary/aromatic N) is 2. The van der Waals surface area contributed by atoms with Gasteiger partial charge in [-0.25, -0.2) is 4.98 Å². The first-order valence-corrected chi connectivity index (χ1v) is 7.34. The van der Waals surface area contributed by atoms with Gasteiger partial charge in [0, 0.05) is 18.0 Å². The molecule has 0 spiro atoms. The summed E-state index contributed by atoms with van der Waals surface area (Å²) in [6, 6.07) is 8.69. The molecule has 2 heterocycles. The van der Waals surface area contributed by atoms with E-state index in [4.69, 9.17) is 13.9 Å². The van der Waals surface area contributed by atoms with E-state index in [1.165, 1.54) is 7.11 Å². The molecule has 6 nitrogen and oxygen atoms in total. The van der Waals surface area contributed by atoms with Crippen LogP contribution < -0.4 is 9.47 Å². The highest BCUT2D eigenvalue weighted by Crippen LogP contribution is 2.29. The van der Waals surface area contributed by atoms with E-state index in [0.717, 1.165) is 11.8 Å². The molecular formula is C18H16N2O4. The Kier molecular flexibility index (Phi) is 4.56. The summed E-state index contributed by atoms with van der Waals surface area (Å²) in [6.07, 6.45) is 4.14. The summed E-state index contributed by atoms with van der Waals surface area (Å²) >= 11 is 0. The molecule has 0 N–H and O–H groups in total. The fourth-order valence-corrected chi connectivity index (χ4v) is 2.20. The van der Waals surface area contributed by atoms with Gasteiger partial charge in [0.15, 0.2) is 11.5 Å². The summed E-state index contributed by atoms with van der Waals surface area (Å²) in [5.41, 5.74) is 2.02. The number of carbonyl (C=O) groups excluding carboxylic acids is 1. The number of oxazole rings is 1. The number of aryl methyl sites for hydroxylation is 1. The smallest absolute Gasteiger partial charge is 0.228 e. The molecule has 0 aliphatic carbocycles. The van der Waals surface area contributed by atoms with Gasteiger partial charge < -0.3 is 13.9 Å². The first kappa shape index (κ1) is 15.7. The van der Waals surface area contributed by atoms with Crippen molar-refractivity contribution in [3.05, 3.63) is 59.7 Å². The van der Waals surface area contributed by atoms with Gasteiger partial charge in [0.05, 0.1) is 12.7 Å². The van der Waals surface area contributed by atoms with Crippen LogP contribution in [0.3, 0.4) is 0 Å². The predicted octanol–water partition coefficient (Wildman–Crippen LogP) is 3.45. The third-order valence-corrected chi connectivity index (χ3v) is 3.49. The number of carbonyl (C=O) groups is 1. The second-order valence-electron chi connectivity index (χ2n) is 5.08. The third kappa shape index (κ3) is 3.27. The molecule has 0 atom stereocenters. The van der Waals surface area contributed by atoms with Crippen LogP contribution in [0.25, 0.3) is 11.5 Å². The maximum atomic E-state index is 10.8. The zero-order valence-corrected chi connectivity index (χ0v) is 13.4. The Morgan fingerprint density at radius 3 is 2.83 bits per heavy atom. The maximum Gasteiger partial charge on any atom is 0.228 e. The zero-order valence-electron chi connectivity index (χ0n) is 13.4. The lowest BCUT2D eigenvalue weighted by Crippen LogP contribution is -2.00. The van der Waals surface area contributed by atoms with Gasteiger partial charge in [-0.2, -0.15) is 0 Å². The highest BCUT2D eigenvalue weighted by molar-refractivity contribution is 5.76. The molecule has 0 aliphatic heterocycles. The van der Waals surface area contributed by atoms with Gasteiger partial charge in [-0.05, 0) is 37.3 Å². The number of ether oxygens (including phenoxy) is 2. The van der Waals surface area contributed by atoms with Crippen molar-refractivity contribution in [3.8, 4) is 23.0 Å². The normalized spacial score (nSPS) is 10.4. The Morgan fingerprint density at radius 2 is 2.12 bits per heavy atom. The minimum Gasteiger partial charge on any atom is -0.493 e. The zero-order chi connectivity index (χ0) is 16.9. The number of methoxy groups -OCH3 is 1. The van der Waals surface area contributed by atoms with E-state index in [9.17, 15) is 4.79 Å². The molecular weight excluding hydrogens is 308 g/mol. The van der Waals surface area contributed by atoms with Crippen molar-refractivity contribution < 1.29 is 18.7 Å². The summed E-state index contributed by atoms with van der Waals surface area (Å²) < 4.78 is 16.7. The van der Waals surface area contributed by atoms with Crippen LogP contribution in [0.2, 0.25) is 0 Å². The van der Waals surface area contributed by atoms with Crippen molar-refractivity contribution in [1.82, 2.24) is 9.97 Å². The van der Waals surface area contributed by atoms with Crippen LogP contribution in [0.15, 0.2) is 47.1 Å². The van der Waals surface area contributed by atoms with Crippen molar-refractivity contribution in [2.24, 2.45) is 0 Å². The van der Waals surface area contributed by atoms with Gasteiger partial charge in [0.25, 0.3) is 0 Å². The van der Waals surface area contributed by atoms with Crippen molar-refractivity contribution >= 4 is 6.29 Å². The van der Waals surface area contributed by atoms with Gasteiger partial charge in [-0.1, -0.05) is 0 Å². The number of aldehydes is 1. The Hall–Kier alpha value is -3.15. The third-order valence-electron chi connectivity index (χ3n) is 3.49. The summed E-state index contributed by atoms with van der Waals surface area (Å²) in [4.78, 5) is 19.3. The van der Waals surface area contributed by atoms with Gasteiger partial charge in [-0.3, -0.25) is 9.78 Å². The van der Waals surface area contributed by atoms with Crippen LogP contribution in [0, 0.1) is 6.92 Å². The molecule has 0 radical (unpaired) electrons. The van der Waals surface area contributed by atoms with Crippen molar-refractivity contribution in [1.29, 1.82) is 0 Å². The lowest BCUT2D eigenvalue weighted by Gasteiger charge is -2.10. The summed E-state index contributed by atoms with van der Waals surface area (Å²) in [5, 5.41) is 0. The van der Waals surface area contributed by atoms with Gasteiger partial charge in [0.1, 0.15) is 24.3 Å². The van der Waals surface area contributed by atoms with E-state index in [2.05, 4.69) is 9.97 Å². The SMILES string of the molecule is COc1cc(C=O)ccc1OCc1nc(-c2cccnc2)oc1C. The molecule has 0 bridgehead atoms. The minimum absolute atomic E-state index is 0.229. The van der Waals surface area contributed by atoms with Gasteiger partial charge in [-0.15, -0.1) is 0 Å². The van der Waals surface area contributed by atoms with Crippen LogP contribution >= 0.6 is 0 Å². The van der Waals surface area contributed by atoms with E-state index in [1.54, 1.807) is 30.6 Å². The Balaban J connectivity index is 1.78. The molecule has 24 heavy (non-hydrogen) atoms. The van der Waals surface area contributed by atoms with E-state index < -0.39 is 0 Å². The number of hydrogen-bond acceptors (Lipinski definition) is 6. The molecule has 1 aromatic carbocycles. The summed E-state index contributed by atoms with van der Waals surface area (Å²) in [5.74, 6) is 2.21. The number of benzene rings is 1. The standard InChI is InChI=1S/C18H16N2O4/c1-12-15(20-18(24-12)14-4-3-7-19-9-14)11-23-16-6-5-13(10-21)8-17(16)22-2/h3-10H,11H2,1-2H3. The number of pyridine rings is 1. The van der Waals surface area contributed by atoms with Crippen molar-refractivity contribution in [2.75, 3.05) is 7.11 Å². The fourth-order valence-electron chi connectivity index (χ4n) is 2.20. The van der Waals surface area contributed by atoms with Crippen LogP contribution in [-0.2, 0) is 6.61 Å². The second-order valence-corrected chi connectivity index (χ2v) is 5.08. The fraction of sp³-hybridized carbons (Fsp3) is 0.167. The Morgan fingerprint density at radius 1 is 1.25 bits per heavy atom. The highest BCUT2D eigenvalue weighted by atomic mass is 16.5. The highest BCUT2D eigenvalue weighted by Gasteiger charge is 2.13. The lowest BCUT2D eigenvalue weighted by molar-refractivity contribution is 0.112. The van der Waals surface area contributed by atoms with E-state index in [-0.39, 0.29) is 6.61 Å². The van der Waals surface area contributed by atoms with Crippen molar-refractivity contribution in [3.63, 3.8) is 0 Å². The Labute approximate surface area is 139 Å². The molecule has 122 valence electrons. The minimum atomic E-state index is 0.229. The maximum absolute atomic E-state index is 10.8. The number of hydrogen-bond donors (Lipinski definition) is 0. The van der Waals surface area contributed by atoms with E-state index in [0.29, 0.717) is 34.4 Å².